The maximum Gasteiger partial charge on any atom is 0.258 e. The molecule has 2 saturated heterocycles. The van der Waals surface area contributed by atoms with Crippen molar-refractivity contribution in [3.8, 4) is 0 Å². The summed E-state index contributed by atoms with van der Waals surface area (Å²) in [5.74, 6) is 1.31. The number of hydrogen-bond donors (Lipinski definition) is 1. The summed E-state index contributed by atoms with van der Waals surface area (Å²) in [6.45, 7) is 5.46. The number of aromatic nitrogens is 2. The zero-order valence-corrected chi connectivity index (χ0v) is 14.5. The normalized spacial score (nSPS) is 26.9. The van der Waals surface area contributed by atoms with Crippen LogP contribution in [0.4, 0.5) is 5.82 Å². The van der Waals surface area contributed by atoms with Crippen LogP contribution in [0.15, 0.2) is 10.7 Å². The zero-order valence-electron chi connectivity index (χ0n) is 14.5. The number of carbonyl (C=O) groups excluding carboxylic acids is 1. The van der Waals surface area contributed by atoms with Gasteiger partial charge in [0.05, 0.1) is 23.1 Å². The van der Waals surface area contributed by atoms with E-state index in [9.17, 15) is 4.79 Å². The molecule has 7 nitrogen and oxygen atoms in total. The average molecular weight is 342 g/mol. The molecule has 7 heteroatoms. The molecule has 1 aliphatic carbocycles. The molecule has 2 aromatic heterocycles. The fraction of sp³-hybridized carbons (Fsp3) is 0.611. The minimum Gasteiger partial charge on any atom is -0.442 e. The van der Waals surface area contributed by atoms with Gasteiger partial charge in [-0.1, -0.05) is 0 Å². The molecule has 4 heterocycles. The third kappa shape index (κ3) is 2.33. The number of fused-ring (bicyclic) bond motifs is 2. The summed E-state index contributed by atoms with van der Waals surface area (Å²) in [6, 6.07) is 0.179. The van der Waals surface area contributed by atoms with Crippen molar-refractivity contribution in [1.82, 2.24) is 14.9 Å². The van der Waals surface area contributed by atoms with Crippen molar-refractivity contribution in [2.75, 3.05) is 18.5 Å². The molecule has 0 unspecified atom stereocenters. The molecule has 0 aromatic carbocycles. The summed E-state index contributed by atoms with van der Waals surface area (Å²) >= 11 is 0. The molecule has 1 amide bonds. The summed E-state index contributed by atoms with van der Waals surface area (Å²) in [5.41, 5.74) is 1.13. The van der Waals surface area contributed by atoms with Gasteiger partial charge in [-0.05, 0) is 39.5 Å². The summed E-state index contributed by atoms with van der Waals surface area (Å²) in [5, 5.41) is 4.18. The third-order valence-corrected chi connectivity index (χ3v) is 5.79. The Morgan fingerprint density at radius 3 is 3.00 bits per heavy atom. The summed E-state index contributed by atoms with van der Waals surface area (Å²) in [6.07, 6.45) is 5.69. The molecule has 3 aliphatic rings. The number of amides is 1. The van der Waals surface area contributed by atoms with Gasteiger partial charge in [0.1, 0.15) is 17.9 Å². The Bertz CT molecular complexity index is 857. The molecule has 2 aromatic rings. The molecule has 3 fully saturated rings. The van der Waals surface area contributed by atoms with Crippen molar-refractivity contribution in [1.29, 1.82) is 0 Å². The summed E-state index contributed by atoms with van der Waals surface area (Å²) < 4.78 is 11.5. The van der Waals surface area contributed by atoms with Crippen LogP contribution < -0.4 is 5.32 Å². The summed E-state index contributed by atoms with van der Waals surface area (Å²) in [7, 11) is 0. The highest BCUT2D eigenvalue weighted by Gasteiger charge is 2.43. The lowest BCUT2D eigenvalue weighted by molar-refractivity contribution is 0.0700. The maximum absolute atomic E-state index is 13.3. The van der Waals surface area contributed by atoms with Gasteiger partial charge in [-0.2, -0.15) is 0 Å². The van der Waals surface area contributed by atoms with Gasteiger partial charge in [0.25, 0.3) is 5.91 Å². The molecule has 5 rings (SSSR count). The van der Waals surface area contributed by atoms with E-state index in [-0.39, 0.29) is 23.6 Å². The first kappa shape index (κ1) is 15.1. The Kier molecular flexibility index (Phi) is 3.13. The number of carbonyl (C=O) groups is 1. The predicted octanol–water partition coefficient (Wildman–Crippen LogP) is 2.50. The topological polar surface area (TPSA) is 80.5 Å². The molecule has 0 bridgehead atoms. The van der Waals surface area contributed by atoms with E-state index in [1.54, 1.807) is 0 Å². The van der Waals surface area contributed by atoms with E-state index < -0.39 is 0 Å². The van der Waals surface area contributed by atoms with Gasteiger partial charge < -0.3 is 19.4 Å². The molecule has 1 saturated carbocycles. The van der Waals surface area contributed by atoms with Gasteiger partial charge >= 0.3 is 0 Å². The van der Waals surface area contributed by atoms with Crippen LogP contribution in [-0.4, -0.2) is 51.6 Å². The first-order valence-electron chi connectivity index (χ1n) is 9.01. The number of nitrogens with one attached hydrogen (secondary N) is 1. The quantitative estimate of drug-likeness (QED) is 0.923. The van der Waals surface area contributed by atoms with Gasteiger partial charge in [0, 0.05) is 18.7 Å². The molecule has 2 aliphatic heterocycles. The zero-order chi connectivity index (χ0) is 17.2. The second-order valence-corrected chi connectivity index (χ2v) is 7.67. The fourth-order valence-electron chi connectivity index (χ4n) is 4.09. The number of furan rings is 1. The first-order chi connectivity index (χ1) is 12.1. The smallest absolute Gasteiger partial charge is 0.258 e. The molecule has 0 radical (unpaired) electrons. The lowest BCUT2D eigenvalue weighted by Crippen LogP contribution is -2.37. The Morgan fingerprint density at radius 2 is 2.20 bits per heavy atom. The van der Waals surface area contributed by atoms with Crippen molar-refractivity contribution in [2.24, 2.45) is 0 Å². The first-order valence-corrected chi connectivity index (χ1v) is 9.01. The second-order valence-electron chi connectivity index (χ2n) is 7.67. The van der Waals surface area contributed by atoms with Gasteiger partial charge in [0.2, 0.25) is 5.71 Å². The number of nitrogens with zero attached hydrogens (tertiary/aromatic N) is 3. The number of hydrogen-bond acceptors (Lipinski definition) is 6. The van der Waals surface area contributed by atoms with E-state index in [1.165, 1.54) is 6.33 Å². The lowest BCUT2D eigenvalue weighted by Gasteiger charge is -2.23. The van der Waals surface area contributed by atoms with E-state index in [4.69, 9.17) is 9.15 Å². The average Bonchev–Trinajstić information content (AvgIpc) is 2.96. The van der Waals surface area contributed by atoms with Crippen LogP contribution in [-0.2, 0) is 4.74 Å². The van der Waals surface area contributed by atoms with E-state index in [2.05, 4.69) is 22.2 Å². The van der Waals surface area contributed by atoms with Gasteiger partial charge in [-0.3, -0.25) is 4.79 Å². The monoisotopic (exact) mass is 342 g/mol. The van der Waals surface area contributed by atoms with Crippen LogP contribution in [0.25, 0.3) is 11.1 Å². The molecular formula is C18H22N4O3. The highest BCUT2D eigenvalue weighted by molar-refractivity contribution is 6.10. The SMILES string of the molecule is Cc1oc2ncnc(NC3(C)CC3)c2c1C(=O)N1CC[C@@H]2OCC[C@@H]21. The highest BCUT2D eigenvalue weighted by Crippen LogP contribution is 2.41. The van der Waals surface area contributed by atoms with Crippen molar-refractivity contribution in [3.05, 3.63) is 17.7 Å². The van der Waals surface area contributed by atoms with Crippen LogP contribution in [0.2, 0.25) is 0 Å². The Labute approximate surface area is 145 Å². The van der Waals surface area contributed by atoms with Crippen LogP contribution in [0.1, 0.15) is 48.7 Å². The third-order valence-electron chi connectivity index (χ3n) is 5.79. The van der Waals surface area contributed by atoms with Crippen LogP contribution in [0.5, 0.6) is 0 Å². The van der Waals surface area contributed by atoms with Crippen molar-refractivity contribution in [2.45, 2.75) is 57.2 Å². The number of rotatable bonds is 3. The minimum absolute atomic E-state index is 0.00745. The summed E-state index contributed by atoms with van der Waals surface area (Å²) in [4.78, 5) is 23.9. The Hall–Kier alpha value is -2.15. The minimum atomic E-state index is 0.00745. The lowest BCUT2D eigenvalue weighted by atomic mass is 10.1. The molecule has 132 valence electrons. The fourth-order valence-corrected chi connectivity index (χ4v) is 4.09. The van der Waals surface area contributed by atoms with Crippen molar-refractivity contribution >= 4 is 22.8 Å². The highest BCUT2D eigenvalue weighted by atomic mass is 16.5. The van der Waals surface area contributed by atoms with Gasteiger partial charge in [-0.25, -0.2) is 9.97 Å². The van der Waals surface area contributed by atoms with Crippen molar-refractivity contribution in [3.63, 3.8) is 0 Å². The molecule has 1 N–H and O–H groups in total. The second kappa shape index (κ2) is 5.17. The standard InChI is InChI=1S/C18H22N4O3/c1-10-13(17(23)22-7-3-12-11(22)4-8-24-12)14-15(21-18(2)5-6-18)19-9-20-16(14)25-10/h9,11-12H,3-8H2,1-2H3,(H,19,20,21)/t11-,12-/m0/s1. The number of likely N-dealkylation sites (tertiary alicyclic amines) is 1. The van der Waals surface area contributed by atoms with Crippen LogP contribution in [0, 0.1) is 6.92 Å². The van der Waals surface area contributed by atoms with E-state index in [1.807, 2.05) is 11.8 Å². The maximum atomic E-state index is 13.3. The molecular weight excluding hydrogens is 320 g/mol. The van der Waals surface area contributed by atoms with E-state index >= 15 is 0 Å². The number of ether oxygens (including phenoxy) is 1. The van der Waals surface area contributed by atoms with E-state index in [0.29, 0.717) is 28.2 Å². The predicted molar refractivity (Wildman–Crippen MR) is 91.6 cm³/mol. The molecule has 25 heavy (non-hydrogen) atoms. The van der Waals surface area contributed by atoms with Gasteiger partial charge in [-0.15, -0.1) is 0 Å². The Morgan fingerprint density at radius 1 is 1.36 bits per heavy atom. The number of aryl methyl sites for hydroxylation is 1. The molecule has 2 atom stereocenters. The van der Waals surface area contributed by atoms with E-state index in [0.717, 1.165) is 38.8 Å². The number of anilines is 1. The largest absolute Gasteiger partial charge is 0.442 e. The van der Waals surface area contributed by atoms with Gasteiger partial charge in [0.15, 0.2) is 0 Å². The van der Waals surface area contributed by atoms with Crippen molar-refractivity contribution < 1.29 is 13.9 Å². The molecule has 0 spiro atoms. The Balaban J connectivity index is 1.58. The van der Waals surface area contributed by atoms with Crippen LogP contribution >= 0.6 is 0 Å². The van der Waals surface area contributed by atoms with Crippen LogP contribution in [0.3, 0.4) is 0 Å².